The molecule has 0 amide bonds. The Balaban J connectivity index is 3.87. The van der Waals surface area contributed by atoms with E-state index >= 15 is 0 Å². The van der Waals surface area contributed by atoms with E-state index in [9.17, 15) is 9.90 Å². The Morgan fingerprint density at radius 1 is 1.47 bits per heavy atom. The monoisotopic (exact) mass is 258 g/mol. The van der Waals surface area contributed by atoms with E-state index in [4.69, 9.17) is 9.16 Å². The smallest absolute Gasteiger partial charge is 0.333 e. The van der Waals surface area contributed by atoms with Crippen molar-refractivity contribution in [3.8, 4) is 0 Å². The molecule has 0 aromatic rings. The number of hydrogen-bond donors (Lipinski definition) is 1. The van der Waals surface area contributed by atoms with Gasteiger partial charge in [-0.1, -0.05) is 12.7 Å². The maximum atomic E-state index is 11.1. The second-order valence-corrected chi connectivity index (χ2v) is 8.81. The van der Waals surface area contributed by atoms with Crippen LogP contribution in [0.4, 0.5) is 0 Å². The molecule has 0 radical (unpaired) electrons. The standard InChI is InChI=1S/C12H22O4Si/c1-6-7-17(4,5)16-9-11(13)8-15-12(14)10(2)3/h6,11,13H,1-2,7-9H2,3-5H3. The predicted molar refractivity (Wildman–Crippen MR) is 70.2 cm³/mol. The van der Waals surface area contributed by atoms with E-state index in [1.165, 1.54) is 0 Å². The first-order valence-electron chi connectivity index (χ1n) is 5.54. The molecule has 5 heteroatoms. The molecule has 0 aliphatic rings. The summed E-state index contributed by atoms with van der Waals surface area (Å²) in [6.07, 6.45) is 1.02. The maximum Gasteiger partial charge on any atom is 0.333 e. The molecule has 0 saturated heterocycles. The van der Waals surface area contributed by atoms with Gasteiger partial charge in [0.25, 0.3) is 0 Å². The van der Waals surface area contributed by atoms with E-state index in [1.807, 2.05) is 19.2 Å². The molecule has 98 valence electrons. The molecule has 1 N–H and O–H groups in total. The van der Waals surface area contributed by atoms with Crippen LogP contribution in [0.5, 0.6) is 0 Å². The lowest BCUT2D eigenvalue weighted by atomic mass is 10.3. The fraction of sp³-hybridized carbons (Fsp3) is 0.583. The minimum absolute atomic E-state index is 0.0652. The third-order valence-corrected chi connectivity index (χ3v) is 4.28. The molecule has 0 aliphatic heterocycles. The first-order valence-corrected chi connectivity index (χ1v) is 8.65. The highest BCUT2D eigenvalue weighted by atomic mass is 28.4. The largest absolute Gasteiger partial charge is 0.460 e. The molecule has 0 bridgehead atoms. The number of esters is 1. The zero-order valence-electron chi connectivity index (χ0n) is 10.9. The lowest BCUT2D eigenvalue weighted by Crippen LogP contribution is -2.35. The quantitative estimate of drug-likeness (QED) is 0.312. The van der Waals surface area contributed by atoms with E-state index in [-0.39, 0.29) is 13.2 Å². The molecule has 0 heterocycles. The van der Waals surface area contributed by atoms with Gasteiger partial charge in [0, 0.05) is 5.57 Å². The van der Waals surface area contributed by atoms with E-state index < -0.39 is 20.4 Å². The molecule has 1 unspecified atom stereocenters. The molecule has 17 heavy (non-hydrogen) atoms. The van der Waals surface area contributed by atoms with Crippen molar-refractivity contribution in [2.24, 2.45) is 0 Å². The predicted octanol–water partition coefficient (Wildman–Crippen LogP) is 1.87. The van der Waals surface area contributed by atoms with Gasteiger partial charge in [0.05, 0.1) is 6.61 Å². The van der Waals surface area contributed by atoms with Crippen molar-refractivity contribution in [3.63, 3.8) is 0 Å². The third kappa shape index (κ3) is 7.90. The van der Waals surface area contributed by atoms with Crippen LogP contribution in [0.25, 0.3) is 0 Å². The number of carbonyl (C=O) groups is 1. The van der Waals surface area contributed by atoms with Gasteiger partial charge in [-0.05, 0) is 26.1 Å². The van der Waals surface area contributed by atoms with Gasteiger partial charge in [0.1, 0.15) is 12.7 Å². The summed E-state index contributed by atoms with van der Waals surface area (Å²) in [7, 11) is -1.78. The van der Waals surface area contributed by atoms with E-state index in [0.717, 1.165) is 6.04 Å². The topological polar surface area (TPSA) is 55.8 Å². The Morgan fingerprint density at radius 3 is 2.53 bits per heavy atom. The Kier molecular flexibility index (Phi) is 7.02. The highest BCUT2D eigenvalue weighted by Crippen LogP contribution is 2.11. The van der Waals surface area contributed by atoms with Crippen molar-refractivity contribution in [3.05, 3.63) is 24.8 Å². The summed E-state index contributed by atoms with van der Waals surface area (Å²) >= 11 is 0. The van der Waals surface area contributed by atoms with Crippen molar-refractivity contribution in [2.75, 3.05) is 13.2 Å². The fourth-order valence-electron chi connectivity index (χ4n) is 1.07. The first-order chi connectivity index (χ1) is 7.78. The highest BCUT2D eigenvalue weighted by Gasteiger charge is 2.22. The molecule has 0 aromatic heterocycles. The minimum atomic E-state index is -1.78. The zero-order valence-corrected chi connectivity index (χ0v) is 11.9. The van der Waals surface area contributed by atoms with Gasteiger partial charge in [-0.15, -0.1) is 6.58 Å². The van der Waals surface area contributed by atoms with Gasteiger partial charge in [-0.3, -0.25) is 0 Å². The van der Waals surface area contributed by atoms with Crippen LogP contribution in [0.2, 0.25) is 19.1 Å². The summed E-state index contributed by atoms with van der Waals surface area (Å²) in [5.74, 6) is -0.494. The average molecular weight is 258 g/mol. The second-order valence-electron chi connectivity index (χ2n) is 4.60. The summed E-state index contributed by atoms with van der Waals surface area (Å²) in [4.78, 5) is 11.1. The number of aliphatic hydroxyl groups excluding tert-OH is 1. The van der Waals surface area contributed by atoms with Crippen LogP contribution in [0.3, 0.4) is 0 Å². The highest BCUT2D eigenvalue weighted by molar-refractivity contribution is 6.71. The van der Waals surface area contributed by atoms with Gasteiger partial charge in [-0.2, -0.15) is 0 Å². The summed E-state index contributed by atoms with van der Waals surface area (Å²) in [5.41, 5.74) is 0.319. The average Bonchev–Trinajstić information content (AvgIpc) is 2.22. The molecule has 1 atom stereocenters. The summed E-state index contributed by atoms with van der Waals surface area (Å²) < 4.78 is 10.4. The number of carbonyl (C=O) groups excluding carboxylic acids is 1. The normalized spacial score (nSPS) is 12.9. The lowest BCUT2D eigenvalue weighted by Gasteiger charge is -2.23. The second kappa shape index (κ2) is 7.42. The van der Waals surface area contributed by atoms with Gasteiger partial charge in [-0.25, -0.2) is 4.79 Å². The number of allylic oxidation sites excluding steroid dienone is 1. The lowest BCUT2D eigenvalue weighted by molar-refractivity contribution is -0.142. The Hall–Kier alpha value is -0.913. The van der Waals surface area contributed by atoms with Crippen LogP contribution in [0.1, 0.15) is 6.92 Å². The van der Waals surface area contributed by atoms with E-state index in [1.54, 1.807) is 6.92 Å². The van der Waals surface area contributed by atoms with Crippen molar-refractivity contribution in [1.82, 2.24) is 0 Å². The Labute approximate surface area is 104 Å². The molecule has 4 nitrogen and oxygen atoms in total. The first kappa shape index (κ1) is 16.1. The summed E-state index contributed by atoms with van der Waals surface area (Å²) in [5, 5.41) is 9.58. The van der Waals surface area contributed by atoms with Gasteiger partial charge in [0.15, 0.2) is 8.32 Å². The van der Waals surface area contributed by atoms with Crippen LogP contribution in [0.15, 0.2) is 24.8 Å². The van der Waals surface area contributed by atoms with E-state index in [2.05, 4.69) is 13.2 Å². The van der Waals surface area contributed by atoms with E-state index in [0.29, 0.717) is 5.57 Å². The fourth-order valence-corrected chi connectivity index (χ4v) is 2.53. The molecule has 0 aliphatic carbocycles. The number of hydrogen-bond acceptors (Lipinski definition) is 4. The molecule has 0 rings (SSSR count). The molecule has 0 aromatic carbocycles. The third-order valence-electron chi connectivity index (χ3n) is 2.06. The molecular formula is C12H22O4Si. The summed E-state index contributed by atoms with van der Waals surface area (Å²) in [6, 6.07) is 0.825. The molecule has 0 saturated carbocycles. The summed E-state index contributed by atoms with van der Waals surface area (Å²) in [6.45, 7) is 12.9. The minimum Gasteiger partial charge on any atom is -0.460 e. The van der Waals surface area contributed by atoms with Crippen LogP contribution in [-0.4, -0.2) is 38.7 Å². The number of aliphatic hydroxyl groups is 1. The zero-order chi connectivity index (χ0) is 13.5. The van der Waals surface area contributed by atoms with Crippen molar-refractivity contribution in [2.45, 2.75) is 32.2 Å². The van der Waals surface area contributed by atoms with Crippen molar-refractivity contribution >= 4 is 14.3 Å². The van der Waals surface area contributed by atoms with Gasteiger partial charge < -0.3 is 14.3 Å². The van der Waals surface area contributed by atoms with Crippen LogP contribution < -0.4 is 0 Å². The molecular weight excluding hydrogens is 236 g/mol. The van der Waals surface area contributed by atoms with Crippen LogP contribution in [-0.2, 0) is 14.0 Å². The maximum absolute atomic E-state index is 11.1. The van der Waals surface area contributed by atoms with Crippen molar-refractivity contribution < 1.29 is 19.1 Å². The van der Waals surface area contributed by atoms with Gasteiger partial charge in [0.2, 0.25) is 0 Å². The van der Waals surface area contributed by atoms with Crippen molar-refractivity contribution in [1.29, 1.82) is 0 Å². The van der Waals surface area contributed by atoms with Gasteiger partial charge >= 0.3 is 5.97 Å². The van der Waals surface area contributed by atoms with Crippen LogP contribution in [0, 0.1) is 0 Å². The Morgan fingerprint density at radius 2 is 2.06 bits per heavy atom. The molecule has 0 fully saturated rings. The van der Waals surface area contributed by atoms with Crippen LogP contribution >= 0.6 is 0 Å². The molecule has 0 spiro atoms. The number of rotatable bonds is 8. The SMILES string of the molecule is C=CC[Si](C)(C)OCC(O)COC(=O)C(=C)C. The Bertz CT molecular complexity index is 286. The number of ether oxygens (including phenoxy) is 1.